The zero-order chi connectivity index (χ0) is 24.5. The van der Waals surface area contributed by atoms with Gasteiger partial charge in [-0.1, -0.05) is 18.2 Å². The van der Waals surface area contributed by atoms with Gasteiger partial charge in [-0.25, -0.2) is 0 Å². The van der Waals surface area contributed by atoms with Gasteiger partial charge in [-0.15, -0.1) is 0 Å². The van der Waals surface area contributed by atoms with Crippen LogP contribution in [-0.4, -0.2) is 43.9 Å². The number of rotatable bonds is 9. The molecule has 35 heavy (non-hydrogen) atoms. The molecule has 2 aromatic rings. The minimum atomic E-state index is -0.244. The molecule has 0 aromatic heterocycles. The first-order chi connectivity index (χ1) is 17.1. The number of hydrogen-bond acceptors (Lipinski definition) is 6. The molecule has 1 heterocycles. The summed E-state index contributed by atoms with van der Waals surface area (Å²) < 4.78 is 17.1. The van der Waals surface area contributed by atoms with Crippen molar-refractivity contribution in [1.29, 1.82) is 0 Å². The van der Waals surface area contributed by atoms with Crippen LogP contribution in [0.4, 0.5) is 0 Å². The third kappa shape index (κ3) is 7.13. The zero-order valence-corrected chi connectivity index (χ0v) is 19.9. The number of benzene rings is 2. The molecule has 3 N–H and O–H groups in total. The highest BCUT2D eigenvalue weighted by molar-refractivity contribution is 5.93. The number of ether oxygens (including phenoxy) is 3. The van der Waals surface area contributed by atoms with E-state index in [2.05, 4.69) is 16.7 Å². The van der Waals surface area contributed by atoms with Gasteiger partial charge in [-0.3, -0.25) is 4.79 Å². The Labute approximate surface area is 206 Å². The van der Waals surface area contributed by atoms with Gasteiger partial charge in [0.15, 0.2) is 11.5 Å². The van der Waals surface area contributed by atoms with Crippen LogP contribution in [0.25, 0.3) is 6.08 Å². The van der Waals surface area contributed by atoms with Crippen LogP contribution < -0.4 is 24.8 Å². The first-order valence-corrected chi connectivity index (χ1v) is 11.9. The second-order valence-electron chi connectivity index (χ2n) is 8.59. The Morgan fingerprint density at radius 2 is 1.91 bits per heavy atom. The van der Waals surface area contributed by atoms with Gasteiger partial charge < -0.3 is 30.0 Å². The Bertz CT molecular complexity index is 1090. The Balaban J connectivity index is 1.28. The normalized spacial score (nSPS) is 18.2. The summed E-state index contributed by atoms with van der Waals surface area (Å²) in [7, 11) is 1.49. The molecule has 1 saturated heterocycles. The van der Waals surface area contributed by atoms with E-state index in [1.165, 1.54) is 13.2 Å². The van der Waals surface area contributed by atoms with Crippen molar-refractivity contribution in [3.63, 3.8) is 0 Å². The number of carbonyl (C=O) groups is 1. The lowest BCUT2D eigenvalue weighted by atomic mass is 9.97. The van der Waals surface area contributed by atoms with Crippen LogP contribution in [0.15, 0.2) is 72.5 Å². The van der Waals surface area contributed by atoms with Crippen molar-refractivity contribution in [2.75, 3.05) is 26.8 Å². The number of nitrogens with one attached hydrogen (secondary N) is 2. The molecule has 1 fully saturated rings. The number of phenols is 1. The highest BCUT2D eigenvalue weighted by Crippen LogP contribution is 2.27. The van der Waals surface area contributed by atoms with E-state index >= 15 is 0 Å². The maximum atomic E-state index is 12.5. The summed E-state index contributed by atoms with van der Waals surface area (Å²) in [4.78, 5) is 12.5. The average Bonchev–Trinajstić information content (AvgIpc) is 2.88. The monoisotopic (exact) mass is 476 g/mol. The lowest BCUT2D eigenvalue weighted by Crippen LogP contribution is -2.34. The molecule has 184 valence electrons. The maximum absolute atomic E-state index is 12.5. The number of allylic oxidation sites excluding steroid dienone is 3. The van der Waals surface area contributed by atoms with E-state index in [9.17, 15) is 9.90 Å². The van der Waals surface area contributed by atoms with E-state index in [4.69, 9.17) is 14.2 Å². The number of methoxy groups -OCH3 is 1. The summed E-state index contributed by atoms with van der Waals surface area (Å²) in [5.74, 6) is 1.83. The number of amides is 1. The van der Waals surface area contributed by atoms with E-state index in [1.807, 2.05) is 36.4 Å². The van der Waals surface area contributed by atoms with Gasteiger partial charge in [0.1, 0.15) is 17.6 Å². The van der Waals surface area contributed by atoms with Crippen molar-refractivity contribution in [2.24, 2.45) is 5.92 Å². The summed E-state index contributed by atoms with van der Waals surface area (Å²) >= 11 is 0. The fraction of sp³-hybridized carbons (Fsp3) is 0.321. The van der Waals surface area contributed by atoms with Gasteiger partial charge in [0, 0.05) is 17.7 Å². The van der Waals surface area contributed by atoms with E-state index in [0.717, 1.165) is 49.5 Å². The van der Waals surface area contributed by atoms with E-state index in [-0.39, 0.29) is 23.7 Å². The van der Waals surface area contributed by atoms with Crippen molar-refractivity contribution in [3.8, 4) is 23.0 Å². The van der Waals surface area contributed by atoms with Crippen LogP contribution >= 0.6 is 0 Å². The molecule has 0 spiro atoms. The highest BCUT2D eigenvalue weighted by atomic mass is 16.5. The Hall–Kier alpha value is -3.71. The molecule has 1 amide bonds. The molecule has 2 aromatic carbocycles. The predicted octanol–water partition coefficient (Wildman–Crippen LogP) is 4.20. The highest BCUT2D eigenvalue weighted by Gasteiger charge is 2.18. The standard InChI is InChI=1S/C28H32N2O5/c1-33-27-12-6-20(18-26(27)31)7-13-28(32)30-25-5-3-2-4-21(25)19-34-22-8-10-23(11-9-22)35-24-14-16-29-17-15-24/h2-3,5-13,18,21,24,29,31H,4,14-17,19H2,1H3,(H,30,32)/b13-7+. The van der Waals surface area contributed by atoms with Crippen LogP contribution in [0.2, 0.25) is 0 Å². The summed E-state index contributed by atoms with van der Waals surface area (Å²) in [6.45, 7) is 2.44. The zero-order valence-electron chi connectivity index (χ0n) is 19.9. The number of hydrogen-bond donors (Lipinski definition) is 3. The number of phenolic OH excluding ortho intramolecular Hbond substituents is 1. The molecular weight excluding hydrogens is 444 g/mol. The SMILES string of the molecule is COc1ccc(/C=C/C(=O)NC2=CC=CCC2COc2ccc(OC3CCNCC3)cc2)cc1O. The number of aromatic hydroxyl groups is 1. The number of carbonyl (C=O) groups excluding carboxylic acids is 1. The quantitative estimate of drug-likeness (QED) is 0.470. The summed E-state index contributed by atoms with van der Waals surface area (Å²) in [6, 6.07) is 12.7. The summed E-state index contributed by atoms with van der Waals surface area (Å²) in [5.41, 5.74) is 1.51. The van der Waals surface area contributed by atoms with E-state index in [0.29, 0.717) is 17.9 Å². The molecule has 0 radical (unpaired) electrons. The van der Waals surface area contributed by atoms with Gasteiger partial charge in [0.2, 0.25) is 5.91 Å². The molecule has 1 atom stereocenters. The van der Waals surface area contributed by atoms with Gasteiger partial charge in [0.05, 0.1) is 13.7 Å². The summed E-state index contributed by atoms with van der Waals surface area (Å²) in [6.07, 6.45) is 12.1. The molecule has 2 aliphatic rings. The molecule has 4 rings (SSSR count). The van der Waals surface area contributed by atoms with E-state index in [1.54, 1.807) is 24.3 Å². The molecule has 7 heteroatoms. The smallest absolute Gasteiger partial charge is 0.248 e. The van der Waals surface area contributed by atoms with Crippen LogP contribution in [0.1, 0.15) is 24.8 Å². The Morgan fingerprint density at radius 3 is 2.66 bits per heavy atom. The lowest BCUT2D eigenvalue weighted by Gasteiger charge is -2.24. The van der Waals surface area contributed by atoms with Gasteiger partial charge >= 0.3 is 0 Å². The third-order valence-electron chi connectivity index (χ3n) is 6.03. The van der Waals surface area contributed by atoms with Gasteiger partial charge in [0.25, 0.3) is 0 Å². The lowest BCUT2D eigenvalue weighted by molar-refractivity contribution is -0.115. The average molecular weight is 477 g/mol. The molecule has 1 aliphatic heterocycles. The van der Waals surface area contributed by atoms with Crippen molar-refractivity contribution >= 4 is 12.0 Å². The second-order valence-corrected chi connectivity index (χ2v) is 8.59. The topological polar surface area (TPSA) is 89.1 Å². The van der Waals surface area contributed by atoms with Gasteiger partial charge in [-0.2, -0.15) is 0 Å². The van der Waals surface area contributed by atoms with Gasteiger partial charge in [-0.05, 0) is 86.5 Å². The minimum absolute atomic E-state index is 0.0262. The van der Waals surface area contributed by atoms with Crippen molar-refractivity contribution in [2.45, 2.75) is 25.4 Å². The largest absolute Gasteiger partial charge is 0.504 e. The summed E-state index contributed by atoms with van der Waals surface area (Å²) in [5, 5.41) is 16.2. The van der Waals surface area contributed by atoms with Crippen LogP contribution in [0.3, 0.4) is 0 Å². The maximum Gasteiger partial charge on any atom is 0.248 e. The molecule has 7 nitrogen and oxygen atoms in total. The Morgan fingerprint density at radius 1 is 1.14 bits per heavy atom. The molecular formula is C28H32N2O5. The van der Waals surface area contributed by atoms with Crippen LogP contribution in [0, 0.1) is 5.92 Å². The Kier molecular flexibility index (Phi) is 8.46. The number of piperidine rings is 1. The van der Waals surface area contributed by atoms with Crippen molar-refractivity contribution in [1.82, 2.24) is 10.6 Å². The third-order valence-corrected chi connectivity index (χ3v) is 6.03. The first kappa shape index (κ1) is 24.4. The van der Waals surface area contributed by atoms with Crippen LogP contribution in [0.5, 0.6) is 23.0 Å². The molecule has 0 saturated carbocycles. The van der Waals surface area contributed by atoms with Crippen LogP contribution in [-0.2, 0) is 4.79 Å². The minimum Gasteiger partial charge on any atom is -0.504 e. The second kappa shape index (κ2) is 12.1. The molecule has 0 bridgehead atoms. The van der Waals surface area contributed by atoms with Crippen molar-refractivity contribution in [3.05, 3.63) is 78.0 Å². The fourth-order valence-electron chi connectivity index (χ4n) is 4.06. The predicted molar refractivity (Wildman–Crippen MR) is 136 cm³/mol. The first-order valence-electron chi connectivity index (χ1n) is 11.9. The van der Waals surface area contributed by atoms with E-state index < -0.39 is 0 Å². The molecule has 1 aliphatic carbocycles. The fourth-order valence-corrected chi connectivity index (χ4v) is 4.06. The molecule has 1 unspecified atom stereocenters. The van der Waals surface area contributed by atoms with Crippen molar-refractivity contribution < 1.29 is 24.1 Å².